The highest BCUT2D eigenvalue weighted by Crippen LogP contribution is 2.60. The monoisotopic (exact) mass is 566 g/mol. The summed E-state index contributed by atoms with van der Waals surface area (Å²) in [6.07, 6.45) is 9.94. The minimum atomic E-state index is -0.691. The van der Waals surface area contributed by atoms with E-state index in [0.29, 0.717) is 5.41 Å². The summed E-state index contributed by atoms with van der Waals surface area (Å²) in [6.45, 7) is 3.50. The Morgan fingerprint density at radius 2 is 1.64 bits per heavy atom. The molecule has 8 rings (SSSR count). The second-order valence-electron chi connectivity index (χ2n) is 12.8. The molecule has 8 heteroatoms. The van der Waals surface area contributed by atoms with Crippen LogP contribution in [-0.2, 0) is 15.0 Å². The van der Waals surface area contributed by atoms with Crippen molar-refractivity contribution in [3.8, 4) is 5.69 Å². The van der Waals surface area contributed by atoms with Crippen LogP contribution in [0, 0.1) is 37.4 Å². The zero-order chi connectivity index (χ0) is 29.2. The number of carbonyl (C=O) groups is 3. The van der Waals surface area contributed by atoms with Crippen molar-refractivity contribution >= 4 is 29.6 Å². The molecule has 2 heterocycles. The average molecular weight is 567 g/mol. The first-order valence-electron chi connectivity index (χ1n) is 14.9. The van der Waals surface area contributed by atoms with Crippen LogP contribution in [-0.4, -0.2) is 33.9 Å². The lowest BCUT2D eigenvalue weighted by Crippen LogP contribution is -2.48. The van der Waals surface area contributed by atoms with Crippen LogP contribution in [0.5, 0.6) is 0 Å². The van der Waals surface area contributed by atoms with Crippen LogP contribution < -0.4 is 10.6 Å². The number of aryl methyl sites for hydroxylation is 1. The van der Waals surface area contributed by atoms with Crippen molar-refractivity contribution in [1.82, 2.24) is 14.8 Å². The van der Waals surface area contributed by atoms with Crippen LogP contribution >= 0.6 is 0 Å². The number of benzene rings is 2. The molecule has 0 atom stereocenters. The summed E-state index contributed by atoms with van der Waals surface area (Å²) in [7, 11) is 0. The molecular weight excluding hydrogens is 531 g/mol. The smallest absolute Gasteiger partial charge is 0.322 e. The number of rotatable bonds is 6. The van der Waals surface area contributed by atoms with Gasteiger partial charge in [0.25, 0.3) is 5.91 Å². The third-order valence-corrected chi connectivity index (χ3v) is 9.96. The summed E-state index contributed by atoms with van der Waals surface area (Å²) in [6, 6.07) is 16.1. The van der Waals surface area contributed by atoms with Crippen molar-refractivity contribution < 1.29 is 18.8 Å². The first-order chi connectivity index (χ1) is 20.2. The Hall–Kier alpha value is -4.20. The van der Waals surface area contributed by atoms with Gasteiger partial charge in [0, 0.05) is 17.1 Å². The summed E-state index contributed by atoms with van der Waals surface area (Å²) in [4.78, 5) is 38.9. The number of carbonyl (C=O) groups excluding carboxylic acids is 3. The molecule has 5 fully saturated rings. The van der Waals surface area contributed by atoms with Gasteiger partial charge in [0.1, 0.15) is 18.1 Å². The van der Waals surface area contributed by atoms with E-state index in [1.165, 1.54) is 62.3 Å². The first kappa shape index (κ1) is 26.7. The van der Waals surface area contributed by atoms with E-state index < -0.39 is 30.2 Å². The van der Waals surface area contributed by atoms with Crippen LogP contribution in [0.2, 0.25) is 0 Å². The van der Waals surface area contributed by atoms with Gasteiger partial charge in [-0.25, -0.2) is 14.1 Å². The Bertz CT molecular complexity index is 1600. The lowest BCUT2D eigenvalue weighted by atomic mass is 9.48. The van der Waals surface area contributed by atoms with E-state index in [1.54, 1.807) is 12.1 Å². The zero-order valence-corrected chi connectivity index (χ0v) is 24.0. The number of halogens is 1. The molecule has 1 saturated heterocycles. The van der Waals surface area contributed by atoms with E-state index in [9.17, 15) is 18.8 Å². The van der Waals surface area contributed by atoms with Crippen molar-refractivity contribution in [3.05, 3.63) is 88.6 Å². The van der Waals surface area contributed by atoms with Gasteiger partial charge in [0.15, 0.2) is 0 Å². The molecule has 4 aliphatic carbocycles. The largest absolute Gasteiger partial charge is 0.329 e. The lowest BCUT2D eigenvalue weighted by molar-refractivity contribution is -0.127. The van der Waals surface area contributed by atoms with Gasteiger partial charge < -0.3 is 15.2 Å². The lowest BCUT2D eigenvalue weighted by Gasteiger charge is -2.57. The minimum Gasteiger partial charge on any atom is -0.322 e. The van der Waals surface area contributed by atoms with Crippen molar-refractivity contribution in [2.75, 3.05) is 11.9 Å². The summed E-state index contributed by atoms with van der Waals surface area (Å²) in [5.41, 5.74) is 5.74. The maximum absolute atomic E-state index is 13.9. The van der Waals surface area contributed by atoms with Crippen molar-refractivity contribution in [2.45, 2.75) is 57.8 Å². The summed E-state index contributed by atoms with van der Waals surface area (Å²) < 4.78 is 16.1. The molecule has 1 aliphatic heterocycles. The Balaban J connectivity index is 1.08. The van der Waals surface area contributed by atoms with Crippen LogP contribution in [0.25, 0.3) is 11.8 Å². The number of nitrogens with one attached hydrogen (secondary N) is 2. The number of amides is 4. The Morgan fingerprint density at radius 3 is 2.29 bits per heavy atom. The van der Waals surface area contributed by atoms with Gasteiger partial charge in [-0.05, 0) is 123 Å². The molecule has 2 N–H and O–H groups in total. The summed E-state index contributed by atoms with van der Waals surface area (Å²) in [5, 5.41) is 4.99. The minimum absolute atomic E-state index is 0.0104. The van der Waals surface area contributed by atoms with E-state index in [2.05, 4.69) is 39.5 Å². The molecule has 2 aromatic carbocycles. The first-order valence-corrected chi connectivity index (χ1v) is 14.9. The molecular formula is C34H35FN4O3. The van der Waals surface area contributed by atoms with E-state index >= 15 is 0 Å². The van der Waals surface area contributed by atoms with Crippen LogP contribution in [0.1, 0.15) is 61.0 Å². The Morgan fingerprint density at radius 1 is 1.00 bits per heavy atom. The van der Waals surface area contributed by atoms with E-state index in [1.807, 2.05) is 19.9 Å². The summed E-state index contributed by atoms with van der Waals surface area (Å²) in [5.74, 6) is 0.832. The van der Waals surface area contributed by atoms with E-state index in [0.717, 1.165) is 45.3 Å². The number of hydrogen-bond donors (Lipinski definition) is 2. The van der Waals surface area contributed by atoms with Crippen molar-refractivity contribution in [3.63, 3.8) is 0 Å². The average Bonchev–Trinajstić information content (AvgIpc) is 3.37. The maximum atomic E-state index is 13.9. The van der Waals surface area contributed by atoms with Crippen molar-refractivity contribution in [1.29, 1.82) is 0 Å². The van der Waals surface area contributed by atoms with Crippen LogP contribution in [0.3, 0.4) is 0 Å². The van der Waals surface area contributed by atoms with Crippen LogP contribution in [0.4, 0.5) is 14.9 Å². The Labute approximate surface area is 244 Å². The number of anilines is 1. The van der Waals surface area contributed by atoms with E-state index in [4.69, 9.17) is 0 Å². The number of urea groups is 1. The molecule has 7 nitrogen and oxygen atoms in total. The SMILES string of the molecule is Cc1cc(/C=C2/NC(=O)N(CC(=O)Nc3ccccc3F)C2=O)c(C)n1-c1ccc(C23CC4CC(CC(C4)C2)C3)cc1. The fraction of sp³-hybridized carbons (Fsp3) is 0.382. The van der Waals surface area contributed by atoms with Crippen molar-refractivity contribution in [2.24, 2.45) is 17.8 Å². The van der Waals surface area contributed by atoms with Gasteiger partial charge in [-0.15, -0.1) is 0 Å². The summed E-state index contributed by atoms with van der Waals surface area (Å²) >= 11 is 0. The molecule has 0 spiro atoms. The highest BCUT2D eigenvalue weighted by molar-refractivity contribution is 6.16. The third-order valence-electron chi connectivity index (χ3n) is 9.96. The number of para-hydroxylation sites is 1. The second kappa shape index (κ2) is 9.96. The third kappa shape index (κ3) is 4.53. The van der Waals surface area contributed by atoms with Gasteiger partial charge >= 0.3 is 6.03 Å². The molecule has 0 radical (unpaired) electrons. The molecule has 5 aliphatic rings. The zero-order valence-electron chi connectivity index (χ0n) is 24.0. The molecule has 4 saturated carbocycles. The predicted molar refractivity (Wildman–Crippen MR) is 158 cm³/mol. The van der Waals surface area contributed by atoms with Gasteiger partial charge in [-0.3, -0.25) is 9.59 Å². The molecule has 3 aromatic rings. The standard InChI is InChI=1S/C34H35FN4O3/c1-20-11-25(15-30-32(41)38(33(42)37-30)19-31(40)36-29-6-4-3-5-28(29)35)21(2)39(20)27-9-7-26(8-10-27)34-16-22-12-23(17-34)14-24(13-22)18-34/h3-11,15,22-24H,12-14,16-19H2,1-2H3,(H,36,40)(H,37,42)/b30-15+. The fourth-order valence-electron chi connectivity index (χ4n) is 8.53. The van der Waals surface area contributed by atoms with Gasteiger partial charge in [-0.1, -0.05) is 24.3 Å². The highest BCUT2D eigenvalue weighted by atomic mass is 19.1. The number of aromatic nitrogens is 1. The van der Waals surface area contributed by atoms with Gasteiger partial charge in [0.2, 0.25) is 5.91 Å². The Kier molecular flexibility index (Phi) is 6.33. The number of nitrogens with zero attached hydrogens (tertiary/aromatic N) is 2. The maximum Gasteiger partial charge on any atom is 0.329 e. The second-order valence-corrected chi connectivity index (χ2v) is 12.8. The highest BCUT2D eigenvalue weighted by Gasteiger charge is 2.51. The normalized spacial score (nSPS) is 27.2. The van der Waals surface area contributed by atoms with Gasteiger partial charge in [-0.2, -0.15) is 0 Å². The number of imide groups is 1. The molecule has 42 heavy (non-hydrogen) atoms. The predicted octanol–water partition coefficient (Wildman–Crippen LogP) is 6.23. The van der Waals surface area contributed by atoms with E-state index in [-0.39, 0.29) is 11.4 Å². The fourth-order valence-corrected chi connectivity index (χ4v) is 8.53. The molecule has 216 valence electrons. The molecule has 4 amide bonds. The number of hydrogen-bond acceptors (Lipinski definition) is 3. The topological polar surface area (TPSA) is 83.4 Å². The molecule has 1 aromatic heterocycles. The molecule has 4 bridgehead atoms. The van der Waals surface area contributed by atoms with Crippen LogP contribution in [0.15, 0.2) is 60.3 Å². The van der Waals surface area contributed by atoms with Gasteiger partial charge in [0.05, 0.1) is 5.69 Å². The quantitative estimate of drug-likeness (QED) is 0.274. The molecule has 0 unspecified atom stereocenters.